The SMILES string of the molecule is CCCCOc1ccc(/C=N\Nc2cnn(-c3ccc(OC)cc3)c(=O)c2Cl)cc1. The van der Waals surface area contributed by atoms with E-state index in [-0.39, 0.29) is 5.02 Å². The number of hydrogen-bond donors (Lipinski definition) is 1. The van der Waals surface area contributed by atoms with Crippen LogP contribution in [-0.4, -0.2) is 29.7 Å². The molecule has 0 unspecified atom stereocenters. The average molecular weight is 427 g/mol. The monoisotopic (exact) mass is 426 g/mol. The zero-order chi connectivity index (χ0) is 21.3. The molecular weight excluding hydrogens is 404 g/mol. The van der Waals surface area contributed by atoms with Crippen LogP contribution >= 0.6 is 11.6 Å². The maximum absolute atomic E-state index is 12.6. The Bertz CT molecular complexity index is 1050. The van der Waals surface area contributed by atoms with Gasteiger partial charge in [0.15, 0.2) is 0 Å². The molecule has 8 heteroatoms. The molecular formula is C22H23ClN4O3. The van der Waals surface area contributed by atoms with Gasteiger partial charge in [-0.05, 0) is 60.5 Å². The molecule has 0 bridgehead atoms. The van der Waals surface area contributed by atoms with Crippen molar-refractivity contribution in [3.8, 4) is 17.2 Å². The third-order valence-electron chi connectivity index (χ3n) is 4.28. The molecule has 0 aliphatic rings. The summed E-state index contributed by atoms with van der Waals surface area (Å²) in [6.45, 7) is 2.83. The van der Waals surface area contributed by atoms with Crippen LogP contribution in [0, 0.1) is 0 Å². The predicted molar refractivity (Wildman–Crippen MR) is 119 cm³/mol. The minimum atomic E-state index is -0.449. The minimum Gasteiger partial charge on any atom is -0.497 e. The Kier molecular flexibility index (Phi) is 7.45. The predicted octanol–water partition coefficient (Wildman–Crippen LogP) is 4.52. The first-order valence-corrected chi connectivity index (χ1v) is 9.94. The molecule has 0 saturated heterocycles. The number of hydrogen-bond acceptors (Lipinski definition) is 6. The lowest BCUT2D eigenvalue weighted by molar-refractivity contribution is 0.309. The maximum atomic E-state index is 12.6. The molecule has 156 valence electrons. The van der Waals surface area contributed by atoms with Crippen LogP contribution in [0.25, 0.3) is 5.69 Å². The Morgan fingerprint density at radius 3 is 2.50 bits per heavy atom. The lowest BCUT2D eigenvalue weighted by Gasteiger charge is -2.08. The summed E-state index contributed by atoms with van der Waals surface area (Å²) in [5.41, 5.74) is 4.10. The lowest BCUT2D eigenvalue weighted by atomic mass is 10.2. The largest absolute Gasteiger partial charge is 0.497 e. The molecule has 7 nitrogen and oxygen atoms in total. The van der Waals surface area contributed by atoms with E-state index in [9.17, 15) is 4.79 Å². The highest BCUT2D eigenvalue weighted by atomic mass is 35.5. The van der Waals surface area contributed by atoms with E-state index >= 15 is 0 Å². The summed E-state index contributed by atoms with van der Waals surface area (Å²) in [6, 6.07) is 14.5. The smallest absolute Gasteiger partial charge is 0.292 e. The van der Waals surface area contributed by atoms with Crippen molar-refractivity contribution in [2.75, 3.05) is 19.1 Å². The Morgan fingerprint density at radius 1 is 1.13 bits per heavy atom. The molecule has 0 radical (unpaired) electrons. The van der Waals surface area contributed by atoms with Gasteiger partial charge >= 0.3 is 0 Å². The second-order valence-corrected chi connectivity index (χ2v) is 6.81. The highest BCUT2D eigenvalue weighted by Gasteiger charge is 2.10. The van der Waals surface area contributed by atoms with E-state index in [4.69, 9.17) is 21.1 Å². The molecule has 0 spiro atoms. The second-order valence-electron chi connectivity index (χ2n) is 6.43. The first-order chi connectivity index (χ1) is 14.6. The zero-order valence-corrected chi connectivity index (χ0v) is 17.6. The summed E-state index contributed by atoms with van der Waals surface area (Å²) >= 11 is 6.22. The van der Waals surface area contributed by atoms with E-state index in [2.05, 4.69) is 22.5 Å². The average Bonchev–Trinajstić information content (AvgIpc) is 2.78. The van der Waals surface area contributed by atoms with E-state index in [1.54, 1.807) is 37.6 Å². The molecule has 1 aromatic heterocycles. The van der Waals surface area contributed by atoms with Crippen molar-refractivity contribution in [1.82, 2.24) is 9.78 Å². The molecule has 3 aromatic rings. The molecule has 2 aromatic carbocycles. The van der Waals surface area contributed by atoms with E-state index in [1.165, 1.54) is 10.9 Å². The van der Waals surface area contributed by atoms with Crippen molar-refractivity contribution < 1.29 is 9.47 Å². The standard InChI is InChI=1S/C22H23ClN4O3/c1-3-4-13-30-19-9-5-16(6-10-19)14-24-26-20-15-25-27(22(28)21(20)23)17-7-11-18(29-2)12-8-17/h5-12,14-15,26H,3-4,13H2,1-2H3/b24-14-. The number of benzene rings is 2. The summed E-state index contributed by atoms with van der Waals surface area (Å²) in [5, 5.41) is 8.30. The molecule has 0 fully saturated rings. The quantitative estimate of drug-likeness (QED) is 0.309. The van der Waals surface area contributed by atoms with Crippen molar-refractivity contribution in [2.24, 2.45) is 5.10 Å². The van der Waals surface area contributed by atoms with Crippen molar-refractivity contribution in [3.05, 3.63) is 75.7 Å². The van der Waals surface area contributed by atoms with Gasteiger partial charge in [-0.1, -0.05) is 24.9 Å². The molecule has 3 rings (SSSR count). The van der Waals surface area contributed by atoms with Gasteiger partial charge in [-0.15, -0.1) is 0 Å². The van der Waals surface area contributed by atoms with Gasteiger partial charge in [0.05, 0.1) is 31.8 Å². The van der Waals surface area contributed by atoms with Crippen molar-refractivity contribution in [3.63, 3.8) is 0 Å². The number of methoxy groups -OCH3 is 1. The van der Waals surface area contributed by atoms with E-state index in [0.29, 0.717) is 23.7 Å². The lowest BCUT2D eigenvalue weighted by Crippen LogP contribution is -2.22. The zero-order valence-electron chi connectivity index (χ0n) is 16.8. The highest BCUT2D eigenvalue weighted by molar-refractivity contribution is 6.32. The van der Waals surface area contributed by atoms with Crippen LogP contribution in [0.2, 0.25) is 5.02 Å². The van der Waals surface area contributed by atoms with Gasteiger partial charge in [-0.2, -0.15) is 14.9 Å². The molecule has 0 atom stereocenters. The van der Waals surface area contributed by atoms with Crippen molar-refractivity contribution in [1.29, 1.82) is 0 Å². The molecule has 0 aliphatic heterocycles. The topological polar surface area (TPSA) is 77.7 Å². The van der Waals surface area contributed by atoms with Gasteiger partial charge in [-0.25, -0.2) is 0 Å². The highest BCUT2D eigenvalue weighted by Crippen LogP contribution is 2.18. The Morgan fingerprint density at radius 2 is 1.83 bits per heavy atom. The van der Waals surface area contributed by atoms with Gasteiger partial charge in [-0.3, -0.25) is 10.2 Å². The minimum absolute atomic E-state index is 0.00219. The van der Waals surface area contributed by atoms with E-state index in [1.807, 2.05) is 24.3 Å². The van der Waals surface area contributed by atoms with Crippen LogP contribution in [-0.2, 0) is 0 Å². The van der Waals surface area contributed by atoms with E-state index < -0.39 is 5.56 Å². The third kappa shape index (κ3) is 5.39. The van der Waals surface area contributed by atoms with Gasteiger partial charge in [0, 0.05) is 0 Å². The maximum Gasteiger partial charge on any atom is 0.292 e. The Hall–Kier alpha value is -3.32. The fourth-order valence-corrected chi connectivity index (χ4v) is 2.75. The van der Waals surface area contributed by atoms with Crippen LogP contribution in [0.5, 0.6) is 11.5 Å². The fraction of sp³-hybridized carbons (Fsp3) is 0.227. The molecule has 30 heavy (non-hydrogen) atoms. The number of anilines is 1. The van der Waals surface area contributed by atoms with Crippen LogP contribution in [0.4, 0.5) is 5.69 Å². The summed E-state index contributed by atoms with van der Waals surface area (Å²) in [4.78, 5) is 12.6. The molecule has 1 N–H and O–H groups in total. The first-order valence-electron chi connectivity index (χ1n) is 9.56. The van der Waals surface area contributed by atoms with Gasteiger partial charge in [0.2, 0.25) is 0 Å². The summed E-state index contributed by atoms with van der Waals surface area (Å²) in [5.74, 6) is 1.51. The molecule has 0 aliphatic carbocycles. The van der Waals surface area contributed by atoms with Crippen molar-refractivity contribution >= 4 is 23.5 Å². The van der Waals surface area contributed by atoms with Crippen LogP contribution in [0.3, 0.4) is 0 Å². The Labute approximate surface area is 179 Å². The molecule has 1 heterocycles. The Balaban J connectivity index is 1.67. The van der Waals surface area contributed by atoms with Crippen LogP contribution in [0.1, 0.15) is 25.3 Å². The number of ether oxygens (including phenoxy) is 2. The summed E-state index contributed by atoms with van der Waals surface area (Å²) < 4.78 is 12.0. The van der Waals surface area contributed by atoms with Gasteiger partial charge < -0.3 is 9.47 Å². The number of aromatic nitrogens is 2. The van der Waals surface area contributed by atoms with Crippen molar-refractivity contribution in [2.45, 2.75) is 19.8 Å². The number of nitrogens with zero attached hydrogens (tertiary/aromatic N) is 3. The van der Waals surface area contributed by atoms with Gasteiger partial charge in [0.1, 0.15) is 22.2 Å². The number of rotatable bonds is 9. The summed E-state index contributed by atoms with van der Waals surface area (Å²) in [7, 11) is 1.58. The first kappa shape index (κ1) is 21.4. The van der Waals surface area contributed by atoms with Crippen LogP contribution in [0.15, 0.2) is 64.6 Å². The number of halogens is 1. The number of unbranched alkanes of at least 4 members (excludes halogenated alkanes) is 1. The molecule has 0 saturated carbocycles. The second kappa shape index (κ2) is 10.5. The fourth-order valence-electron chi connectivity index (χ4n) is 2.58. The molecule has 0 amide bonds. The van der Waals surface area contributed by atoms with Gasteiger partial charge in [0.25, 0.3) is 5.56 Å². The third-order valence-corrected chi connectivity index (χ3v) is 4.65. The summed E-state index contributed by atoms with van der Waals surface area (Å²) in [6.07, 6.45) is 5.20. The number of hydrazone groups is 1. The van der Waals surface area contributed by atoms with Crippen LogP contribution < -0.4 is 20.5 Å². The number of nitrogens with one attached hydrogen (secondary N) is 1. The normalized spacial score (nSPS) is 10.9. The van der Waals surface area contributed by atoms with E-state index in [0.717, 1.165) is 24.2 Å².